The van der Waals surface area contributed by atoms with Gasteiger partial charge >= 0.3 is 0 Å². The van der Waals surface area contributed by atoms with Crippen LogP contribution >= 0.6 is 0 Å². The summed E-state index contributed by atoms with van der Waals surface area (Å²) in [4.78, 5) is 10.8. The minimum Gasteiger partial charge on any atom is -0.397 e. The fraction of sp³-hybridized carbons (Fsp3) is 0. The second kappa shape index (κ2) is 6.88. The van der Waals surface area contributed by atoms with Crippen LogP contribution in [0.4, 0.5) is 17.1 Å². The third kappa shape index (κ3) is 3.35. The Kier molecular flexibility index (Phi) is 4.48. The summed E-state index contributed by atoms with van der Waals surface area (Å²) in [6.45, 7) is 0. The van der Waals surface area contributed by atoms with Crippen molar-refractivity contribution in [1.82, 2.24) is 0 Å². The Morgan fingerprint density at radius 1 is 0.760 bits per heavy atom. The fourth-order valence-corrected chi connectivity index (χ4v) is 2.64. The minimum absolute atomic E-state index is 0.00109. The van der Waals surface area contributed by atoms with Crippen LogP contribution in [0.1, 0.15) is 11.1 Å². The van der Waals surface area contributed by atoms with Crippen LogP contribution in [0, 0.1) is 10.1 Å². The topological polar surface area (TPSA) is 95.2 Å². The molecule has 3 aromatic rings. The fourth-order valence-electron chi connectivity index (χ4n) is 2.64. The van der Waals surface area contributed by atoms with Crippen LogP contribution in [0.3, 0.4) is 0 Å². The lowest BCUT2D eigenvalue weighted by atomic mass is 9.98. The zero-order chi connectivity index (χ0) is 17.8. The molecule has 0 heterocycles. The Hall–Kier alpha value is -3.60. The summed E-state index contributed by atoms with van der Waals surface area (Å²) >= 11 is 0. The van der Waals surface area contributed by atoms with E-state index in [0.717, 1.165) is 11.1 Å². The molecule has 0 aliphatic carbocycles. The van der Waals surface area contributed by atoms with Crippen molar-refractivity contribution in [2.24, 2.45) is 0 Å². The minimum atomic E-state index is -0.422. The number of benzene rings is 3. The van der Waals surface area contributed by atoms with E-state index in [4.69, 9.17) is 11.5 Å². The standard InChI is InChI=1S/C20H17N3O2/c21-19-15(11-10-14-6-2-1-3-7-14)12-13-17(20(19)22)16-8-4-5-9-18(16)23(24)25/h1-13H,21-22H2. The molecule has 0 atom stereocenters. The number of nitrogens with zero attached hydrogens (tertiary/aromatic N) is 1. The Balaban J connectivity index is 2.02. The van der Waals surface area contributed by atoms with Crippen molar-refractivity contribution < 1.29 is 4.92 Å². The maximum Gasteiger partial charge on any atom is 0.277 e. The molecule has 0 spiro atoms. The van der Waals surface area contributed by atoms with E-state index in [1.54, 1.807) is 24.3 Å². The van der Waals surface area contributed by atoms with Gasteiger partial charge in [0.15, 0.2) is 0 Å². The monoisotopic (exact) mass is 331 g/mol. The van der Waals surface area contributed by atoms with Crippen molar-refractivity contribution in [3.63, 3.8) is 0 Å². The van der Waals surface area contributed by atoms with Crippen LogP contribution in [-0.2, 0) is 0 Å². The number of hydrogen-bond donors (Lipinski definition) is 2. The van der Waals surface area contributed by atoms with Crippen molar-refractivity contribution in [2.75, 3.05) is 11.5 Å². The first-order valence-electron chi connectivity index (χ1n) is 7.73. The first-order valence-corrected chi connectivity index (χ1v) is 7.73. The van der Waals surface area contributed by atoms with Crippen LogP contribution in [-0.4, -0.2) is 4.92 Å². The highest BCUT2D eigenvalue weighted by Gasteiger charge is 2.17. The highest BCUT2D eigenvalue weighted by atomic mass is 16.6. The SMILES string of the molecule is Nc1c(C=Cc2ccccc2)ccc(-c2ccccc2[N+](=O)[O-])c1N. The van der Waals surface area contributed by atoms with E-state index in [1.165, 1.54) is 6.07 Å². The Labute approximate surface area is 145 Å². The number of hydrogen-bond acceptors (Lipinski definition) is 4. The average Bonchev–Trinajstić information content (AvgIpc) is 2.64. The molecule has 0 aliphatic heterocycles. The van der Waals surface area contributed by atoms with E-state index < -0.39 is 4.92 Å². The van der Waals surface area contributed by atoms with Gasteiger partial charge in [-0.05, 0) is 17.2 Å². The molecule has 5 heteroatoms. The van der Waals surface area contributed by atoms with E-state index in [-0.39, 0.29) is 5.69 Å². The first kappa shape index (κ1) is 16.3. The molecular weight excluding hydrogens is 314 g/mol. The van der Waals surface area contributed by atoms with Crippen LogP contribution in [0.15, 0.2) is 66.7 Å². The van der Waals surface area contributed by atoms with Crippen LogP contribution < -0.4 is 11.5 Å². The number of nitrogens with two attached hydrogens (primary N) is 2. The maximum atomic E-state index is 11.2. The molecule has 0 saturated carbocycles. The van der Waals surface area contributed by atoms with Gasteiger partial charge < -0.3 is 11.5 Å². The predicted molar refractivity (Wildman–Crippen MR) is 103 cm³/mol. The quantitative estimate of drug-likeness (QED) is 0.316. The molecule has 0 amide bonds. The average molecular weight is 331 g/mol. The Morgan fingerprint density at radius 2 is 1.44 bits per heavy atom. The first-order chi connectivity index (χ1) is 12.1. The van der Waals surface area contributed by atoms with E-state index in [9.17, 15) is 10.1 Å². The van der Waals surface area contributed by atoms with Crippen LogP contribution in [0.2, 0.25) is 0 Å². The second-order valence-corrected chi connectivity index (χ2v) is 5.55. The lowest BCUT2D eigenvalue weighted by molar-refractivity contribution is -0.384. The molecule has 5 nitrogen and oxygen atoms in total. The van der Waals surface area contributed by atoms with Crippen molar-refractivity contribution in [3.05, 3.63) is 88.0 Å². The molecule has 25 heavy (non-hydrogen) atoms. The summed E-state index contributed by atoms with van der Waals surface area (Å²) < 4.78 is 0. The van der Waals surface area contributed by atoms with Gasteiger partial charge in [0.1, 0.15) is 0 Å². The number of anilines is 2. The second-order valence-electron chi connectivity index (χ2n) is 5.55. The summed E-state index contributed by atoms with van der Waals surface area (Å²) in [6, 6.07) is 19.9. The third-order valence-corrected chi connectivity index (χ3v) is 3.97. The number of para-hydroxylation sites is 1. The van der Waals surface area contributed by atoms with Crippen molar-refractivity contribution in [2.45, 2.75) is 0 Å². The van der Waals surface area contributed by atoms with Gasteiger partial charge in [-0.2, -0.15) is 0 Å². The Bertz CT molecular complexity index is 950. The highest BCUT2D eigenvalue weighted by molar-refractivity contribution is 5.93. The number of rotatable bonds is 4. The number of nitro groups is 1. The molecule has 0 radical (unpaired) electrons. The molecule has 3 rings (SSSR count). The summed E-state index contributed by atoms with van der Waals surface area (Å²) in [7, 11) is 0. The molecular formula is C20H17N3O2. The van der Waals surface area contributed by atoms with Crippen molar-refractivity contribution >= 4 is 29.2 Å². The van der Waals surface area contributed by atoms with Gasteiger partial charge in [0.05, 0.1) is 21.9 Å². The van der Waals surface area contributed by atoms with E-state index >= 15 is 0 Å². The molecule has 4 N–H and O–H groups in total. The highest BCUT2D eigenvalue weighted by Crippen LogP contribution is 2.37. The number of nitro benzene ring substituents is 1. The Morgan fingerprint density at radius 3 is 2.16 bits per heavy atom. The van der Waals surface area contributed by atoms with Gasteiger partial charge in [-0.1, -0.05) is 66.7 Å². The predicted octanol–water partition coefficient (Wildman–Crippen LogP) is 4.60. The van der Waals surface area contributed by atoms with Gasteiger partial charge in [0.2, 0.25) is 0 Å². The summed E-state index contributed by atoms with van der Waals surface area (Å²) in [6.07, 6.45) is 3.82. The molecule has 124 valence electrons. The summed E-state index contributed by atoms with van der Waals surface area (Å²) in [5.41, 5.74) is 15.9. The largest absolute Gasteiger partial charge is 0.397 e. The van der Waals surface area contributed by atoms with Gasteiger partial charge in [0.25, 0.3) is 5.69 Å². The van der Waals surface area contributed by atoms with E-state index in [0.29, 0.717) is 22.5 Å². The van der Waals surface area contributed by atoms with Gasteiger partial charge in [-0.3, -0.25) is 10.1 Å². The molecule has 0 bridgehead atoms. The number of nitrogen functional groups attached to an aromatic ring is 2. The molecule has 0 aliphatic rings. The maximum absolute atomic E-state index is 11.2. The third-order valence-electron chi connectivity index (χ3n) is 3.97. The smallest absolute Gasteiger partial charge is 0.277 e. The molecule has 0 aromatic heterocycles. The van der Waals surface area contributed by atoms with Crippen LogP contribution in [0.5, 0.6) is 0 Å². The molecule has 0 saturated heterocycles. The lowest BCUT2D eigenvalue weighted by Gasteiger charge is -2.11. The van der Waals surface area contributed by atoms with Gasteiger partial charge in [-0.15, -0.1) is 0 Å². The van der Waals surface area contributed by atoms with Gasteiger partial charge in [-0.25, -0.2) is 0 Å². The molecule has 3 aromatic carbocycles. The lowest BCUT2D eigenvalue weighted by Crippen LogP contribution is -2.01. The zero-order valence-corrected chi connectivity index (χ0v) is 13.4. The van der Waals surface area contributed by atoms with Crippen molar-refractivity contribution in [1.29, 1.82) is 0 Å². The zero-order valence-electron chi connectivity index (χ0n) is 13.4. The van der Waals surface area contributed by atoms with Crippen molar-refractivity contribution in [3.8, 4) is 11.1 Å². The van der Waals surface area contributed by atoms with E-state index in [1.807, 2.05) is 48.6 Å². The van der Waals surface area contributed by atoms with Crippen LogP contribution in [0.25, 0.3) is 23.3 Å². The molecule has 0 fully saturated rings. The van der Waals surface area contributed by atoms with Gasteiger partial charge in [0, 0.05) is 11.6 Å². The normalized spacial score (nSPS) is 10.9. The summed E-state index contributed by atoms with van der Waals surface area (Å²) in [5.74, 6) is 0. The molecule has 0 unspecified atom stereocenters. The van der Waals surface area contributed by atoms with E-state index in [2.05, 4.69) is 0 Å². The summed E-state index contributed by atoms with van der Waals surface area (Å²) in [5, 5.41) is 11.2.